The molecule has 1 atom stereocenters. The Balaban J connectivity index is 3.65. The third-order valence-electron chi connectivity index (χ3n) is 2.42. The third kappa shape index (κ3) is 7.37. The third-order valence-corrected chi connectivity index (χ3v) is 2.42. The maximum Gasteiger partial charge on any atom is 0.251 e. The van der Waals surface area contributed by atoms with Crippen molar-refractivity contribution in [3.8, 4) is 0 Å². The standard InChI is InChI=1S/C12H25NO2/c1-5-6-7-8-9-10(2)13-11(14)12(3,4)15/h10,15H,5-9H2,1-4H3,(H,13,14). The first-order valence-electron chi connectivity index (χ1n) is 5.91. The van der Waals surface area contributed by atoms with Crippen molar-refractivity contribution in [1.82, 2.24) is 5.32 Å². The lowest BCUT2D eigenvalue weighted by Gasteiger charge is -2.20. The van der Waals surface area contributed by atoms with Crippen LogP contribution in [0.5, 0.6) is 0 Å². The predicted octanol–water partition coefficient (Wildman–Crippen LogP) is 2.23. The number of aliphatic hydroxyl groups is 1. The van der Waals surface area contributed by atoms with Gasteiger partial charge in [-0.1, -0.05) is 32.6 Å². The molecule has 0 fully saturated rings. The number of nitrogens with one attached hydrogen (secondary N) is 1. The van der Waals surface area contributed by atoms with Gasteiger partial charge in [-0.25, -0.2) is 0 Å². The number of unbranched alkanes of at least 4 members (excludes halogenated alkanes) is 3. The highest BCUT2D eigenvalue weighted by Crippen LogP contribution is 2.07. The minimum atomic E-state index is -1.27. The highest BCUT2D eigenvalue weighted by atomic mass is 16.3. The first-order chi connectivity index (χ1) is 6.88. The SMILES string of the molecule is CCCCCCC(C)NC(=O)C(C)(C)O. The van der Waals surface area contributed by atoms with Crippen LogP contribution in [0.3, 0.4) is 0 Å². The molecular weight excluding hydrogens is 190 g/mol. The molecule has 0 spiro atoms. The zero-order valence-corrected chi connectivity index (χ0v) is 10.5. The summed E-state index contributed by atoms with van der Waals surface area (Å²) >= 11 is 0. The molecule has 1 unspecified atom stereocenters. The van der Waals surface area contributed by atoms with Crippen molar-refractivity contribution in [3.63, 3.8) is 0 Å². The summed E-state index contributed by atoms with van der Waals surface area (Å²) in [6.45, 7) is 7.17. The summed E-state index contributed by atoms with van der Waals surface area (Å²) in [5, 5.41) is 12.2. The second-order valence-corrected chi connectivity index (χ2v) is 4.78. The van der Waals surface area contributed by atoms with Crippen LogP contribution < -0.4 is 5.32 Å². The molecule has 2 N–H and O–H groups in total. The van der Waals surface area contributed by atoms with Crippen molar-refractivity contribution >= 4 is 5.91 Å². The van der Waals surface area contributed by atoms with Crippen molar-refractivity contribution in [2.24, 2.45) is 0 Å². The molecule has 0 bridgehead atoms. The summed E-state index contributed by atoms with van der Waals surface area (Å²) in [7, 11) is 0. The van der Waals surface area contributed by atoms with E-state index in [1.165, 1.54) is 33.1 Å². The molecule has 90 valence electrons. The highest BCUT2D eigenvalue weighted by molar-refractivity contribution is 5.84. The van der Waals surface area contributed by atoms with Crippen molar-refractivity contribution in [3.05, 3.63) is 0 Å². The monoisotopic (exact) mass is 215 g/mol. The van der Waals surface area contributed by atoms with E-state index in [9.17, 15) is 9.90 Å². The minimum absolute atomic E-state index is 0.154. The second-order valence-electron chi connectivity index (χ2n) is 4.78. The fourth-order valence-corrected chi connectivity index (χ4v) is 1.35. The van der Waals surface area contributed by atoms with Gasteiger partial charge in [0, 0.05) is 6.04 Å². The van der Waals surface area contributed by atoms with Gasteiger partial charge in [-0.05, 0) is 27.2 Å². The van der Waals surface area contributed by atoms with Gasteiger partial charge in [0.1, 0.15) is 5.60 Å². The van der Waals surface area contributed by atoms with Crippen LogP contribution in [0.15, 0.2) is 0 Å². The first-order valence-corrected chi connectivity index (χ1v) is 5.91. The van der Waals surface area contributed by atoms with Gasteiger partial charge in [0.25, 0.3) is 5.91 Å². The molecule has 0 radical (unpaired) electrons. The summed E-state index contributed by atoms with van der Waals surface area (Å²) in [6, 6.07) is 0.154. The lowest BCUT2D eigenvalue weighted by molar-refractivity contribution is -0.137. The van der Waals surface area contributed by atoms with Crippen LogP contribution >= 0.6 is 0 Å². The largest absolute Gasteiger partial charge is 0.381 e. The maximum atomic E-state index is 11.4. The molecule has 0 aromatic carbocycles. The van der Waals surface area contributed by atoms with Gasteiger partial charge in [0.2, 0.25) is 0 Å². The van der Waals surface area contributed by atoms with Crippen LogP contribution in [-0.4, -0.2) is 22.7 Å². The number of amides is 1. The van der Waals surface area contributed by atoms with E-state index in [0.29, 0.717) is 0 Å². The molecule has 0 heterocycles. The minimum Gasteiger partial charge on any atom is -0.381 e. The van der Waals surface area contributed by atoms with Gasteiger partial charge < -0.3 is 10.4 Å². The van der Waals surface area contributed by atoms with Gasteiger partial charge >= 0.3 is 0 Å². The Hall–Kier alpha value is -0.570. The zero-order chi connectivity index (χ0) is 11.9. The summed E-state index contributed by atoms with van der Waals surface area (Å²) in [5.41, 5.74) is -1.27. The Bertz CT molecular complexity index is 185. The number of carbonyl (C=O) groups excluding carboxylic acids is 1. The van der Waals surface area contributed by atoms with Gasteiger partial charge in [-0.15, -0.1) is 0 Å². The molecule has 0 aromatic rings. The van der Waals surface area contributed by atoms with E-state index < -0.39 is 5.60 Å². The first kappa shape index (κ1) is 14.4. The van der Waals surface area contributed by atoms with Gasteiger partial charge in [0.05, 0.1) is 0 Å². The molecule has 0 saturated carbocycles. The van der Waals surface area contributed by atoms with E-state index in [2.05, 4.69) is 12.2 Å². The van der Waals surface area contributed by atoms with E-state index in [4.69, 9.17) is 0 Å². The Kier molecular flexibility index (Phi) is 6.57. The van der Waals surface area contributed by atoms with Crippen molar-refractivity contribution < 1.29 is 9.90 Å². The molecule has 0 aliphatic carbocycles. The average molecular weight is 215 g/mol. The molecule has 0 aliphatic heterocycles. The normalized spacial score (nSPS) is 13.7. The number of hydrogen-bond acceptors (Lipinski definition) is 2. The van der Waals surface area contributed by atoms with Crippen molar-refractivity contribution in [2.45, 2.75) is 71.4 Å². The molecule has 3 heteroatoms. The van der Waals surface area contributed by atoms with Crippen LogP contribution in [0.2, 0.25) is 0 Å². The van der Waals surface area contributed by atoms with Crippen LogP contribution in [-0.2, 0) is 4.79 Å². The molecule has 15 heavy (non-hydrogen) atoms. The van der Waals surface area contributed by atoms with E-state index in [-0.39, 0.29) is 11.9 Å². The van der Waals surface area contributed by atoms with Crippen molar-refractivity contribution in [2.75, 3.05) is 0 Å². The van der Waals surface area contributed by atoms with E-state index in [0.717, 1.165) is 12.8 Å². The highest BCUT2D eigenvalue weighted by Gasteiger charge is 2.24. The Labute approximate surface area is 93.3 Å². The fraction of sp³-hybridized carbons (Fsp3) is 0.917. The Morgan fingerprint density at radius 2 is 1.93 bits per heavy atom. The Morgan fingerprint density at radius 1 is 1.33 bits per heavy atom. The molecule has 0 aromatic heterocycles. The Morgan fingerprint density at radius 3 is 2.40 bits per heavy atom. The molecule has 1 amide bonds. The van der Waals surface area contributed by atoms with Gasteiger partial charge in [-0.2, -0.15) is 0 Å². The van der Waals surface area contributed by atoms with E-state index in [1.807, 2.05) is 6.92 Å². The second kappa shape index (κ2) is 6.83. The maximum absolute atomic E-state index is 11.4. The van der Waals surface area contributed by atoms with E-state index in [1.54, 1.807) is 0 Å². The van der Waals surface area contributed by atoms with Crippen LogP contribution in [0.4, 0.5) is 0 Å². The predicted molar refractivity (Wildman–Crippen MR) is 62.7 cm³/mol. The average Bonchev–Trinajstić information content (AvgIpc) is 2.11. The molecular formula is C12H25NO2. The summed E-state index contributed by atoms with van der Waals surface area (Å²) in [6.07, 6.45) is 5.83. The molecule has 0 rings (SSSR count). The lowest BCUT2D eigenvalue weighted by atomic mass is 10.1. The number of rotatable bonds is 7. The fourth-order valence-electron chi connectivity index (χ4n) is 1.35. The van der Waals surface area contributed by atoms with Crippen LogP contribution in [0, 0.1) is 0 Å². The quantitative estimate of drug-likeness (QED) is 0.640. The number of carbonyl (C=O) groups is 1. The van der Waals surface area contributed by atoms with Crippen LogP contribution in [0.25, 0.3) is 0 Å². The zero-order valence-electron chi connectivity index (χ0n) is 10.5. The lowest BCUT2D eigenvalue weighted by Crippen LogP contribution is -2.45. The number of hydrogen-bond donors (Lipinski definition) is 2. The van der Waals surface area contributed by atoms with Crippen LogP contribution in [0.1, 0.15) is 59.8 Å². The summed E-state index contributed by atoms with van der Waals surface area (Å²) in [5.74, 6) is -0.287. The van der Waals surface area contributed by atoms with Gasteiger partial charge in [-0.3, -0.25) is 4.79 Å². The summed E-state index contributed by atoms with van der Waals surface area (Å²) < 4.78 is 0. The smallest absolute Gasteiger partial charge is 0.251 e. The molecule has 3 nitrogen and oxygen atoms in total. The van der Waals surface area contributed by atoms with Gasteiger partial charge in [0.15, 0.2) is 0 Å². The molecule has 0 saturated heterocycles. The topological polar surface area (TPSA) is 49.3 Å². The summed E-state index contributed by atoms with van der Waals surface area (Å²) in [4.78, 5) is 11.4. The van der Waals surface area contributed by atoms with Crippen molar-refractivity contribution in [1.29, 1.82) is 0 Å². The van der Waals surface area contributed by atoms with E-state index >= 15 is 0 Å². The molecule has 0 aliphatic rings.